The van der Waals surface area contributed by atoms with Crippen molar-refractivity contribution < 1.29 is 4.74 Å². The van der Waals surface area contributed by atoms with E-state index >= 15 is 0 Å². The fraction of sp³-hybridized carbons (Fsp3) is 0.0870. The predicted octanol–water partition coefficient (Wildman–Crippen LogP) is 10.4. The van der Waals surface area contributed by atoms with Crippen LogP contribution in [0.25, 0.3) is 0 Å². The first-order chi connectivity index (χ1) is 24.4. The largest absolute Gasteiger partial charge is 0.457 e. The van der Waals surface area contributed by atoms with Crippen LogP contribution in [0.5, 0.6) is 11.5 Å². The minimum absolute atomic E-state index is 0.242. The van der Waals surface area contributed by atoms with Gasteiger partial charge in [0.15, 0.2) is 0 Å². The van der Waals surface area contributed by atoms with Crippen molar-refractivity contribution in [2.24, 2.45) is 0 Å². The topological polar surface area (TPSA) is 12.5 Å². The van der Waals surface area contributed by atoms with Crippen LogP contribution in [0.4, 0.5) is 17.1 Å². The molecule has 0 saturated heterocycles. The van der Waals surface area contributed by atoms with Gasteiger partial charge in [-0.25, -0.2) is 0 Å². The third kappa shape index (κ3) is 3.77. The summed E-state index contributed by atoms with van der Waals surface area (Å²) in [5.41, 5.74) is 10.1. The van der Waals surface area contributed by atoms with Gasteiger partial charge in [-0.3, -0.25) is 0 Å². The first-order valence-corrected chi connectivity index (χ1v) is 20.0. The van der Waals surface area contributed by atoms with Crippen LogP contribution in [0.1, 0.15) is 47.2 Å². The number of ether oxygens (including phenoxy) is 1. The molecule has 2 nitrogen and oxygen atoms in total. The lowest BCUT2D eigenvalue weighted by atomic mass is 9.61. The molecule has 3 aliphatic rings. The monoisotopic (exact) mass is 679 g/mol. The predicted molar refractivity (Wildman–Crippen MR) is 211 cm³/mol. The van der Waals surface area contributed by atoms with E-state index in [2.05, 4.69) is 189 Å². The molecule has 7 aromatic rings. The molecule has 0 radical (unpaired) electrons. The second-order valence-electron chi connectivity index (χ2n) is 14.0. The Morgan fingerprint density at radius 3 is 1.58 bits per heavy atom. The van der Waals surface area contributed by atoms with Gasteiger partial charge >= 0.3 is 0 Å². The molecule has 0 fully saturated rings. The van der Waals surface area contributed by atoms with Crippen molar-refractivity contribution in [3.8, 4) is 11.5 Å². The third-order valence-electron chi connectivity index (χ3n) is 11.2. The van der Waals surface area contributed by atoms with Gasteiger partial charge < -0.3 is 9.64 Å². The number of hydrogen-bond acceptors (Lipinski definition) is 3. The number of anilines is 3. The highest BCUT2D eigenvalue weighted by Gasteiger charge is 2.51. The molecule has 0 saturated carbocycles. The minimum atomic E-state index is -2.32. The number of hydrogen-bond donors (Lipinski definition) is 0. The van der Waals surface area contributed by atoms with Crippen molar-refractivity contribution in [2.45, 2.75) is 24.7 Å². The Balaban J connectivity index is 1.26. The molecule has 0 amide bonds. The molecule has 3 aliphatic heterocycles. The van der Waals surface area contributed by atoms with Crippen LogP contribution < -0.4 is 25.6 Å². The second kappa shape index (κ2) is 10.6. The summed E-state index contributed by atoms with van der Waals surface area (Å²) in [5, 5.41) is 3.83. The molecular formula is C46H34NOPS. The van der Waals surface area contributed by atoms with E-state index in [0.717, 1.165) is 39.7 Å². The summed E-state index contributed by atoms with van der Waals surface area (Å²) in [6, 6.07) is 59.4. The van der Waals surface area contributed by atoms with Crippen LogP contribution in [0, 0.1) is 0 Å². The average Bonchev–Trinajstić information content (AvgIpc) is 3.17. The van der Waals surface area contributed by atoms with Crippen LogP contribution in [-0.4, -0.2) is 0 Å². The quantitative estimate of drug-likeness (QED) is 0.169. The number of nitrogens with zero attached hydrogens (tertiary/aromatic N) is 1. The minimum Gasteiger partial charge on any atom is -0.457 e. The summed E-state index contributed by atoms with van der Waals surface area (Å²) in [7, 11) is 0. The molecule has 0 aromatic heterocycles. The van der Waals surface area contributed by atoms with E-state index in [4.69, 9.17) is 16.5 Å². The zero-order valence-corrected chi connectivity index (χ0v) is 29.6. The molecule has 0 aliphatic carbocycles. The van der Waals surface area contributed by atoms with E-state index in [1.54, 1.807) is 0 Å². The number of fused-ring (bicyclic) bond motifs is 10. The molecule has 1 spiro atoms. The highest BCUT2D eigenvalue weighted by molar-refractivity contribution is 8.25. The Morgan fingerprint density at radius 1 is 0.480 bits per heavy atom. The highest BCUT2D eigenvalue weighted by atomic mass is 32.4. The summed E-state index contributed by atoms with van der Waals surface area (Å²) in [6.07, 6.45) is 0. The highest BCUT2D eigenvalue weighted by Crippen LogP contribution is 2.63. The van der Waals surface area contributed by atoms with Gasteiger partial charge in [-0.05, 0) is 74.6 Å². The van der Waals surface area contributed by atoms with E-state index in [1.807, 2.05) is 0 Å². The standard InChI is InChI=1S/C46H34NOPS/c1-45(2)37-22-10-15-27-43(37)49(50,32-16-4-3-5-17-32)44-29-28-31(30-38(44)45)47-39-23-11-6-18-33(39)46(34-19-7-12-24-40(34)47)35-20-8-13-25-41(35)48-42-26-14-9-21-36(42)46/h3-30H,1-2H3. The Morgan fingerprint density at radius 2 is 0.960 bits per heavy atom. The van der Waals surface area contributed by atoms with Crippen LogP contribution >= 0.6 is 6.04 Å². The van der Waals surface area contributed by atoms with Crippen molar-refractivity contribution in [3.63, 3.8) is 0 Å². The van der Waals surface area contributed by atoms with Gasteiger partial charge in [0.1, 0.15) is 11.5 Å². The number of para-hydroxylation sites is 4. The lowest BCUT2D eigenvalue weighted by Crippen LogP contribution is -2.42. The van der Waals surface area contributed by atoms with Crippen LogP contribution in [0.15, 0.2) is 170 Å². The van der Waals surface area contributed by atoms with Crippen LogP contribution in [-0.2, 0) is 22.6 Å². The first kappa shape index (κ1) is 29.7. The third-order valence-corrected chi connectivity index (χ3v) is 16.2. The van der Waals surface area contributed by atoms with Gasteiger partial charge in [-0.1, -0.05) is 159 Å². The first-order valence-electron chi connectivity index (χ1n) is 17.2. The Hall–Kier alpha value is -5.21. The Labute approximate surface area is 298 Å². The molecule has 1 atom stereocenters. The maximum absolute atomic E-state index is 6.90. The zero-order chi connectivity index (χ0) is 33.7. The summed E-state index contributed by atoms with van der Waals surface area (Å²) >= 11 is 6.90. The van der Waals surface area contributed by atoms with Crippen LogP contribution in [0.3, 0.4) is 0 Å². The lowest BCUT2D eigenvalue weighted by Gasteiger charge is -2.49. The van der Waals surface area contributed by atoms with Gasteiger partial charge in [0, 0.05) is 28.3 Å². The maximum atomic E-state index is 6.90. The van der Waals surface area contributed by atoms with E-state index in [-0.39, 0.29) is 5.41 Å². The molecule has 50 heavy (non-hydrogen) atoms. The maximum Gasteiger partial charge on any atom is 0.132 e. The van der Waals surface area contributed by atoms with E-state index in [9.17, 15) is 0 Å². The van der Waals surface area contributed by atoms with E-state index in [1.165, 1.54) is 38.2 Å². The zero-order valence-electron chi connectivity index (χ0n) is 27.9. The molecule has 7 aromatic carbocycles. The van der Waals surface area contributed by atoms with Crippen molar-refractivity contribution >= 4 is 50.8 Å². The van der Waals surface area contributed by atoms with Gasteiger partial charge in [0.2, 0.25) is 0 Å². The van der Waals surface area contributed by atoms with Crippen molar-refractivity contribution in [3.05, 3.63) is 203 Å². The van der Waals surface area contributed by atoms with Gasteiger partial charge in [0.05, 0.1) is 16.8 Å². The van der Waals surface area contributed by atoms with Gasteiger partial charge in [-0.2, -0.15) is 0 Å². The van der Waals surface area contributed by atoms with Crippen molar-refractivity contribution in [1.29, 1.82) is 0 Å². The summed E-state index contributed by atoms with van der Waals surface area (Å²) in [6.45, 7) is 4.72. The summed E-state index contributed by atoms with van der Waals surface area (Å²) in [4.78, 5) is 2.47. The van der Waals surface area contributed by atoms with Gasteiger partial charge in [-0.15, -0.1) is 0 Å². The fourth-order valence-corrected chi connectivity index (χ4v) is 13.7. The molecule has 10 rings (SSSR count). The molecule has 4 heteroatoms. The van der Waals surface area contributed by atoms with Crippen molar-refractivity contribution in [2.75, 3.05) is 4.90 Å². The Kier molecular flexibility index (Phi) is 6.32. The molecule has 1 unspecified atom stereocenters. The van der Waals surface area contributed by atoms with Crippen LogP contribution in [0.2, 0.25) is 0 Å². The molecule has 0 bridgehead atoms. The van der Waals surface area contributed by atoms with Crippen molar-refractivity contribution in [1.82, 2.24) is 0 Å². The summed E-state index contributed by atoms with van der Waals surface area (Å²) in [5.74, 6) is 1.79. The lowest BCUT2D eigenvalue weighted by molar-refractivity contribution is 0.434. The molecular weight excluding hydrogens is 646 g/mol. The average molecular weight is 680 g/mol. The Bertz CT molecular complexity index is 2460. The molecule has 3 heterocycles. The SMILES string of the molecule is CC1(C)c2ccccc2P(=S)(c2ccccc2)c2ccc(N3c4ccccc4C4(c5ccccc5Oc5ccccc54)c4ccccc43)cc21. The van der Waals surface area contributed by atoms with Gasteiger partial charge in [0.25, 0.3) is 0 Å². The number of rotatable bonds is 2. The number of benzene rings is 7. The normalized spacial score (nSPS) is 18.4. The molecule has 0 N–H and O–H groups in total. The smallest absolute Gasteiger partial charge is 0.132 e. The summed E-state index contributed by atoms with van der Waals surface area (Å²) < 4.78 is 6.60. The second-order valence-corrected chi connectivity index (χ2v) is 18.3. The van der Waals surface area contributed by atoms with E-state index in [0.29, 0.717) is 0 Å². The molecule has 240 valence electrons. The fourth-order valence-electron chi connectivity index (χ4n) is 9.01. The van der Waals surface area contributed by atoms with E-state index < -0.39 is 11.5 Å².